The van der Waals surface area contributed by atoms with Crippen LogP contribution in [0.3, 0.4) is 0 Å². The lowest BCUT2D eigenvalue weighted by Gasteiger charge is -2.30. The number of nitrogens with one attached hydrogen (secondary N) is 1. The van der Waals surface area contributed by atoms with Crippen molar-refractivity contribution < 1.29 is 9.59 Å². The van der Waals surface area contributed by atoms with E-state index in [-0.39, 0.29) is 24.3 Å². The molecule has 0 bridgehead atoms. The molecule has 0 heterocycles. The maximum atomic E-state index is 13.1. The average Bonchev–Trinajstić information content (AvgIpc) is 2.59. The highest BCUT2D eigenvalue weighted by atomic mass is 35.5. The van der Waals surface area contributed by atoms with Gasteiger partial charge in [0.25, 0.3) is 0 Å². The minimum atomic E-state index is -0.571. The molecule has 144 valence electrons. The van der Waals surface area contributed by atoms with E-state index < -0.39 is 6.04 Å². The number of nitrogens with zero attached hydrogens (tertiary/aromatic N) is 1. The van der Waals surface area contributed by atoms with Crippen LogP contribution >= 0.6 is 11.6 Å². The number of amides is 2. The summed E-state index contributed by atoms with van der Waals surface area (Å²) in [5, 5.41) is 3.49. The lowest BCUT2D eigenvalue weighted by molar-refractivity contribution is -0.140. The SMILES string of the molecule is Cc1ccccc1CN(C(=O)Cc1cccc(Cl)c1)[C@@H](C)C(=O)NC(C)C. The van der Waals surface area contributed by atoms with E-state index in [1.165, 1.54) is 0 Å². The Bertz CT molecular complexity index is 804. The van der Waals surface area contributed by atoms with Gasteiger partial charge in [-0.15, -0.1) is 0 Å². The molecule has 0 spiro atoms. The average molecular weight is 387 g/mol. The van der Waals surface area contributed by atoms with Crippen LogP contribution in [0.15, 0.2) is 48.5 Å². The van der Waals surface area contributed by atoms with E-state index in [1.807, 2.05) is 57.2 Å². The molecule has 0 aromatic heterocycles. The summed E-state index contributed by atoms with van der Waals surface area (Å²) in [6.45, 7) is 7.98. The smallest absolute Gasteiger partial charge is 0.242 e. The number of carbonyl (C=O) groups is 2. The molecular formula is C22H27ClN2O2. The summed E-state index contributed by atoms with van der Waals surface area (Å²) in [7, 11) is 0. The largest absolute Gasteiger partial charge is 0.352 e. The molecule has 27 heavy (non-hydrogen) atoms. The zero-order chi connectivity index (χ0) is 20.0. The predicted octanol–water partition coefficient (Wildman–Crippen LogP) is 4.13. The standard InChI is InChI=1S/C22H27ClN2O2/c1-15(2)24-22(27)17(4)25(14-19-10-6-5-8-16(19)3)21(26)13-18-9-7-11-20(23)12-18/h5-12,15,17H,13-14H2,1-4H3,(H,24,27)/t17-/m0/s1. The second-order valence-corrected chi connectivity index (χ2v) is 7.53. The zero-order valence-electron chi connectivity index (χ0n) is 16.3. The van der Waals surface area contributed by atoms with Gasteiger partial charge in [0.05, 0.1) is 6.42 Å². The van der Waals surface area contributed by atoms with Crippen LogP contribution in [0.25, 0.3) is 0 Å². The maximum absolute atomic E-state index is 13.1. The molecule has 0 fully saturated rings. The molecule has 1 N–H and O–H groups in total. The van der Waals surface area contributed by atoms with Gasteiger partial charge in [-0.25, -0.2) is 0 Å². The lowest BCUT2D eigenvalue weighted by atomic mass is 10.1. The molecule has 0 radical (unpaired) electrons. The van der Waals surface area contributed by atoms with Gasteiger partial charge in [0.1, 0.15) is 6.04 Å². The molecule has 2 rings (SSSR count). The highest BCUT2D eigenvalue weighted by molar-refractivity contribution is 6.30. The second-order valence-electron chi connectivity index (χ2n) is 7.09. The number of halogens is 1. The number of aryl methyl sites for hydroxylation is 1. The number of hydrogen-bond acceptors (Lipinski definition) is 2. The third kappa shape index (κ3) is 6.10. The molecule has 5 heteroatoms. The van der Waals surface area contributed by atoms with Crippen molar-refractivity contribution in [3.05, 3.63) is 70.2 Å². The van der Waals surface area contributed by atoms with Crippen molar-refractivity contribution in [2.45, 2.75) is 52.7 Å². The molecule has 0 aliphatic rings. The van der Waals surface area contributed by atoms with Gasteiger partial charge in [-0.05, 0) is 56.5 Å². The van der Waals surface area contributed by atoms with Gasteiger partial charge in [0, 0.05) is 17.6 Å². The van der Waals surface area contributed by atoms with E-state index in [0.29, 0.717) is 11.6 Å². The van der Waals surface area contributed by atoms with Gasteiger partial charge < -0.3 is 10.2 Å². The van der Waals surface area contributed by atoms with Crippen molar-refractivity contribution in [1.82, 2.24) is 10.2 Å². The number of benzene rings is 2. The van der Waals surface area contributed by atoms with Crippen molar-refractivity contribution >= 4 is 23.4 Å². The fourth-order valence-corrected chi connectivity index (χ4v) is 3.09. The number of carbonyl (C=O) groups excluding carboxylic acids is 2. The first-order chi connectivity index (χ1) is 12.8. The monoisotopic (exact) mass is 386 g/mol. The summed E-state index contributed by atoms with van der Waals surface area (Å²) >= 11 is 6.04. The molecule has 2 amide bonds. The van der Waals surface area contributed by atoms with Crippen LogP contribution in [-0.2, 0) is 22.6 Å². The fraction of sp³-hybridized carbons (Fsp3) is 0.364. The minimum absolute atomic E-state index is 0.0169. The van der Waals surface area contributed by atoms with E-state index in [4.69, 9.17) is 11.6 Å². The van der Waals surface area contributed by atoms with Crippen molar-refractivity contribution in [2.75, 3.05) is 0 Å². The molecular weight excluding hydrogens is 360 g/mol. The van der Waals surface area contributed by atoms with Crippen LogP contribution in [-0.4, -0.2) is 28.8 Å². The van der Waals surface area contributed by atoms with Crippen LogP contribution in [0.1, 0.15) is 37.5 Å². The fourth-order valence-electron chi connectivity index (χ4n) is 2.88. The van der Waals surface area contributed by atoms with Gasteiger partial charge in [0.15, 0.2) is 0 Å². The van der Waals surface area contributed by atoms with Crippen LogP contribution in [0.5, 0.6) is 0 Å². The molecule has 2 aromatic carbocycles. The summed E-state index contributed by atoms with van der Waals surface area (Å²) in [5.74, 6) is -0.259. The predicted molar refractivity (Wildman–Crippen MR) is 110 cm³/mol. The summed E-state index contributed by atoms with van der Waals surface area (Å²) in [6, 6.07) is 14.6. The van der Waals surface area contributed by atoms with E-state index in [0.717, 1.165) is 16.7 Å². The molecule has 1 atom stereocenters. The second kappa shape index (κ2) is 9.56. The Morgan fingerprint density at radius 1 is 1.07 bits per heavy atom. The van der Waals surface area contributed by atoms with Crippen LogP contribution in [0.4, 0.5) is 0 Å². The Morgan fingerprint density at radius 3 is 2.41 bits per heavy atom. The summed E-state index contributed by atoms with van der Waals surface area (Å²) in [6.07, 6.45) is 0.200. The Balaban J connectivity index is 2.26. The van der Waals surface area contributed by atoms with Gasteiger partial charge >= 0.3 is 0 Å². The topological polar surface area (TPSA) is 49.4 Å². The van der Waals surface area contributed by atoms with E-state index in [1.54, 1.807) is 24.0 Å². The summed E-state index contributed by atoms with van der Waals surface area (Å²) < 4.78 is 0. The minimum Gasteiger partial charge on any atom is -0.352 e. The molecule has 0 saturated heterocycles. The van der Waals surface area contributed by atoms with Gasteiger partial charge in [-0.3, -0.25) is 9.59 Å². The third-order valence-corrected chi connectivity index (χ3v) is 4.68. The van der Waals surface area contributed by atoms with Crippen molar-refractivity contribution in [1.29, 1.82) is 0 Å². The third-order valence-electron chi connectivity index (χ3n) is 4.44. The Morgan fingerprint density at radius 2 is 1.78 bits per heavy atom. The first-order valence-corrected chi connectivity index (χ1v) is 9.54. The lowest BCUT2D eigenvalue weighted by Crippen LogP contribution is -2.49. The number of hydrogen-bond donors (Lipinski definition) is 1. The van der Waals surface area contributed by atoms with Crippen molar-refractivity contribution in [3.8, 4) is 0 Å². The Hall–Kier alpha value is -2.33. The van der Waals surface area contributed by atoms with Crippen molar-refractivity contribution in [2.24, 2.45) is 0 Å². The summed E-state index contributed by atoms with van der Waals surface area (Å²) in [4.78, 5) is 27.3. The van der Waals surface area contributed by atoms with Crippen LogP contribution in [0.2, 0.25) is 5.02 Å². The van der Waals surface area contributed by atoms with Crippen LogP contribution in [0, 0.1) is 6.92 Å². The summed E-state index contributed by atoms with van der Waals surface area (Å²) in [5.41, 5.74) is 2.95. The molecule has 2 aromatic rings. The quantitative estimate of drug-likeness (QED) is 0.777. The van der Waals surface area contributed by atoms with Gasteiger partial charge in [-0.2, -0.15) is 0 Å². The molecule has 0 aliphatic carbocycles. The maximum Gasteiger partial charge on any atom is 0.242 e. The van der Waals surface area contributed by atoms with Crippen LogP contribution < -0.4 is 5.32 Å². The van der Waals surface area contributed by atoms with Gasteiger partial charge in [-0.1, -0.05) is 48.0 Å². The molecule has 0 unspecified atom stereocenters. The molecule has 0 saturated carbocycles. The highest BCUT2D eigenvalue weighted by Gasteiger charge is 2.26. The highest BCUT2D eigenvalue weighted by Crippen LogP contribution is 2.17. The Labute approximate surface area is 166 Å². The van der Waals surface area contributed by atoms with Gasteiger partial charge in [0.2, 0.25) is 11.8 Å². The van der Waals surface area contributed by atoms with Crippen molar-refractivity contribution in [3.63, 3.8) is 0 Å². The van der Waals surface area contributed by atoms with E-state index in [9.17, 15) is 9.59 Å². The first-order valence-electron chi connectivity index (χ1n) is 9.16. The zero-order valence-corrected chi connectivity index (χ0v) is 17.1. The molecule has 0 aliphatic heterocycles. The molecule has 4 nitrogen and oxygen atoms in total. The Kier molecular flexibility index (Phi) is 7.43. The van der Waals surface area contributed by atoms with E-state index >= 15 is 0 Å². The first kappa shape index (κ1) is 21.0. The normalized spacial score (nSPS) is 11.9. The van der Waals surface area contributed by atoms with E-state index in [2.05, 4.69) is 5.32 Å². The number of rotatable bonds is 7.